The molecule has 1 aliphatic heterocycles. The maximum Gasteiger partial charge on any atom is 0.435 e. The first-order valence-electron chi connectivity index (χ1n) is 9.26. The largest absolute Gasteiger partial charge is 0.497 e. The SMILES string of the molecule is COc1ccc(-n2nc(C(F)(F)F)cc2C(=O)Nc2ccc(C3=NCCS3)cc2)cc1. The number of hydrogen-bond donors (Lipinski definition) is 1. The van der Waals surface area contributed by atoms with Crippen LogP contribution >= 0.6 is 11.8 Å². The number of hydrogen-bond acceptors (Lipinski definition) is 5. The van der Waals surface area contributed by atoms with Crippen LogP contribution in [0.5, 0.6) is 5.75 Å². The highest BCUT2D eigenvalue weighted by Gasteiger charge is 2.36. The monoisotopic (exact) mass is 446 g/mol. The van der Waals surface area contributed by atoms with Gasteiger partial charge in [-0.25, -0.2) is 4.68 Å². The minimum absolute atomic E-state index is 0.239. The third-order valence-corrected chi connectivity index (χ3v) is 5.55. The molecule has 2 aromatic carbocycles. The van der Waals surface area contributed by atoms with Crippen molar-refractivity contribution in [3.63, 3.8) is 0 Å². The van der Waals surface area contributed by atoms with E-state index in [2.05, 4.69) is 15.4 Å². The summed E-state index contributed by atoms with van der Waals surface area (Å²) < 4.78 is 45.8. The Kier molecular flexibility index (Phi) is 5.73. The summed E-state index contributed by atoms with van der Waals surface area (Å²) in [4.78, 5) is 17.2. The van der Waals surface area contributed by atoms with Crippen LogP contribution in [0.1, 0.15) is 21.7 Å². The van der Waals surface area contributed by atoms with Gasteiger partial charge in [-0.15, -0.1) is 11.8 Å². The molecule has 4 rings (SSSR count). The molecule has 6 nitrogen and oxygen atoms in total. The van der Waals surface area contributed by atoms with Crippen LogP contribution in [-0.4, -0.2) is 40.1 Å². The lowest BCUT2D eigenvalue weighted by Gasteiger charge is -2.10. The Balaban J connectivity index is 1.62. The second-order valence-corrected chi connectivity index (χ2v) is 7.67. The Bertz CT molecular complexity index is 1120. The Morgan fingerprint density at radius 1 is 1.13 bits per heavy atom. The third kappa shape index (κ3) is 4.58. The minimum Gasteiger partial charge on any atom is -0.497 e. The van der Waals surface area contributed by atoms with Gasteiger partial charge in [0.15, 0.2) is 5.69 Å². The average Bonchev–Trinajstić information content (AvgIpc) is 3.44. The van der Waals surface area contributed by atoms with Crippen LogP contribution in [0, 0.1) is 0 Å². The lowest BCUT2D eigenvalue weighted by Crippen LogP contribution is -2.17. The smallest absolute Gasteiger partial charge is 0.435 e. The number of carbonyl (C=O) groups excluding carboxylic acids is 1. The fraction of sp³-hybridized carbons (Fsp3) is 0.190. The number of nitrogens with one attached hydrogen (secondary N) is 1. The van der Waals surface area contributed by atoms with Gasteiger partial charge in [-0.3, -0.25) is 9.79 Å². The standard InChI is InChI=1S/C21H17F3N4O2S/c1-30-16-8-6-15(7-9-16)28-17(12-18(27-28)21(22,23)24)19(29)26-14-4-2-13(3-5-14)20-25-10-11-31-20/h2-9,12H,10-11H2,1H3,(H,26,29). The lowest BCUT2D eigenvalue weighted by molar-refractivity contribution is -0.141. The molecule has 0 saturated carbocycles. The number of rotatable bonds is 5. The minimum atomic E-state index is -4.69. The Hall–Kier alpha value is -3.27. The Morgan fingerprint density at radius 2 is 1.84 bits per heavy atom. The first-order chi connectivity index (χ1) is 14.8. The molecule has 2 heterocycles. The molecule has 1 aromatic heterocycles. The highest BCUT2D eigenvalue weighted by atomic mass is 32.2. The van der Waals surface area contributed by atoms with Crippen LogP contribution in [0.4, 0.5) is 18.9 Å². The summed E-state index contributed by atoms with van der Waals surface area (Å²) in [6, 6.07) is 13.9. The van der Waals surface area contributed by atoms with E-state index in [1.807, 2.05) is 12.1 Å². The van der Waals surface area contributed by atoms with E-state index in [0.717, 1.165) is 33.7 Å². The van der Waals surface area contributed by atoms with Crippen molar-refractivity contribution in [1.29, 1.82) is 0 Å². The molecule has 0 unspecified atom stereocenters. The van der Waals surface area contributed by atoms with Gasteiger partial charge < -0.3 is 10.1 Å². The van der Waals surface area contributed by atoms with E-state index in [-0.39, 0.29) is 5.69 Å². The van der Waals surface area contributed by atoms with Gasteiger partial charge in [-0.2, -0.15) is 18.3 Å². The van der Waals surface area contributed by atoms with Gasteiger partial charge >= 0.3 is 6.18 Å². The van der Waals surface area contributed by atoms with Gasteiger partial charge in [0.2, 0.25) is 0 Å². The molecule has 1 N–H and O–H groups in total. The molecule has 31 heavy (non-hydrogen) atoms. The zero-order valence-electron chi connectivity index (χ0n) is 16.3. The van der Waals surface area contributed by atoms with Crippen molar-refractivity contribution in [2.75, 3.05) is 24.7 Å². The molecule has 160 valence electrons. The average molecular weight is 446 g/mol. The number of thioether (sulfide) groups is 1. The second-order valence-electron chi connectivity index (χ2n) is 6.59. The van der Waals surface area contributed by atoms with Gasteiger partial charge in [0.05, 0.1) is 17.8 Å². The van der Waals surface area contributed by atoms with Crippen molar-refractivity contribution in [1.82, 2.24) is 9.78 Å². The predicted octanol–water partition coefficient (Wildman–Crippen LogP) is 4.65. The van der Waals surface area contributed by atoms with Crippen LogP contribution in [0.25, 0.3) is 5.69 Å². The van der Waals surface area contributed by atoms with Crippen molar-refractivity contribution in [2.45, 2.75) is 6.18 Å². The number of ether oxygens (including phenoxy) is 1. The number of aliphatic imine (C=N–C) groups is 1. The van der Waals surface area contributed by atoms with E-state index in [0.29, 0.717) is 17.1 Å². The molecule has 0 aliphatic carbocycles. The number of nitrogens with zero attached hydrogens (tertiary/aromatic N) is 3. The normalized spacial score (nSPS) is 13.7. The number of carbonyl (C=O) groups is 1. The highest BCUT2D eigenvalue weighted by Crippen LogP contribution is 2.30. The molecular formula is C21H17F3N4O2S. The molecule has 0 spiro atoms. The van der Waals surface area contributed by atoms with Gasteiger partial charge in [0.25, 0.3) is 5.91 Å². The van der Waals surface area contributed by atoms with E-state index in [9.17, 15) is 18.0 Å². The van der Waals surface area contributed by atoms with Crippen LogP contribution in [0.15, 0.2) is 59.6 Å². The van der Waals surface area contributed by atoms with Crippen molar-refractivity contribution >= 4 is 28.4 Å². The van der Waals surface area contributed by atoms with Crippen molar-refractivity contribution < 1.29 is 22.7 Å². The zero-order chi connectivity index (χ0) is 22.0. The molecule has 0 saturated heterocycles. The van der Waals surface area contributed by atoms with Crippen LogP contribution in [0.2, 0.25) is 0 Å². The van der Waals surface area contributed by atoms with E-state index < -0.39 is 17.8 Å². The lowest BCUT2D eigenvalue weighted by atomic mass is 10.2. The number of halogens is 3. The fourth-order valence-corrected chi connectivity index (χ4v) is 3.86. The number of alkyl halides is 3. The molecule has 1 aliphatic rings. The molecule has 0 radical (unpaired) electrons. The van der Waals surface area contributed by atoms with Crippen molar-refractivity contribution in [2.24, 2.45) is 4.99 Å². The zero-order valence-corrected chi connectivity index (χ0v) is 17.1. The second kappa shape index (κ2) is 8.46. The Morgan fingerprint density at radius 3 is 2.42 bits per heavy atom. The summed E-state index contributed by atoms with van der Waals surface area (Å²) in [5.41, 5.74) is 0.293. The van der Waals surface area contributed by atoms with Crippen LogP contribution in [-0.2, 0) is 6.18 Å². The predicted molar refractivity (Wildman–Crippen MR) is 113 cm³/mol. The molecule has 1 amide bonds. The maximum atomic E-state index is 13.3. The quantitative estimate of drug-likeness (QED) is 0.620. The topological polar surface area (TPSA) is 68.5 Å². The van der Waals surface area contributed by atoms with Crippen molar-refractivity contribution in [3.8, 4) is 11.4 Å². The summed E-state index contributed by atoms with van der Waals surface area (Å²) in [5, 5.41) is 7.18. The van der Waals surface area contributed by atoms with Crippen molar-refractivity contribution in [3.05, 3.63) is 71.5 Å². The number of aromatic nitrogens is 2. The summed E-state index contributed by atoms with van der Waals surface area (Å²) in [6.45, 7) is 0.773. The van der Waals surface area contributed by atoms with E-state index >= 15 is 0 Å². The van der Waals surface area contributed by atoms with Crippen LogP contribution < -0.4 is 10.1 Å². The molecular weight excluding hydrogens is 429 g/mol. The van der Waals surface area contributed by atoms with Crippen LogP contribution in [0.3, 0.4) is 0 Å². The third-order valence-electron chi connectivity index (χ3n) is 4.52. The number of anilines is 1. The molecule has 10 heteroatoms. The van der Waals surface area contributed by atoms with Gasteiger partial charge in [-0.1, -0.05) is 12.1 Å². The summed E-state index contributed by atoms with van der Waals surface area (Å²) >= 11 is 1.65. The first kappa shape index (κ1) is 21.0. The Labute approximate surface area is 180 Å². The summed E-state index contributed by atoms with van der Waals surface area (Å²) in [5.74, 6) is 0.757. The van der Waals surface area contributed by atoms with E-state index in [1.165, 1.54) is 19.2 Å². The highest BCUT2D eigenvalue weighted by molar-refractivity contribution is 8.14. The fourth-order valence-electron chi connectivity index (χ4n) is 3.00. The molecule has 0 fully saturated rings. The van der Waals surface area contributed by atoms with Gasteiger partial charge in [0, 0.05) is 29.6 Å². The first-order valence-corrected chi connectivity index (χ1v) is 10.2. The number of methoxy groups -OCH3 is 1. The van der Waals surface area contributed by atoms with E-state index in [1.54, 1.807) is 36.0 Å². The molecule has 0 bridgehead atoms. The summed E-state index contributed by atoms with van der Waals surface area (Å²) in [7, 11) is 1.48. The van der Waals surface area contributed by atoms with E-state index in [4.69, 9.17) is 4.74 Å². The molecule has 0 atom stereocenters. The number of amides is 1. The van der Waals surface area contributed by atoms with Gasteiger partial charge in [0.1, 0.15) is 11.4 Å². The summed E-state index contributed by atoms with van der Waals surface area (Å²) in [6.07, 6.45) is -4.69. The van der Waals surface area contributed by atoms with Gasteiger partial charge in [-0.05, 0) is 36.4 Å². The maximum absolute atomic E-state index is 13.3. The number of benzene rings is 2. The molecule has 3 aromatic rings.